The number of rotatable bonds is 2. The summed E-state index contributed by atoms with van der Waals surface area (Å²) >= 11 is 8.16. The Balaban J connectivity index is 3.10. The zero-order valence-corrected chi connectivity index (χ0v) is 7.78. The largest absolute Gasteiger partial charge is 0.507 e. The van der Waals surface area contributed by atoms with Crippen LogP contribution in [-0.2, 0) is 11.5 Å². The van der Waals surface area contributed by atoms with Crippen LogP contribution in [0, 0.1) is 0 Å². The molecular formula is C8H10OS2. The average Bonchev–Trinajstić information content (AvgIpc) is 2.05. The quantitative estimate of drug-likeness (QED) is 0.605. The van der Waals surface area contributed by atoms with Crippen LogP contribution in [0.15, 0.2) is 18.2 Å². The van der Waals surface area contributed by atoms with E-state index in [-0.39, 0.29) is 0 Å². The highest BCUT2D eigenvalue weighted by molar-refractivity contribution is 7.79. The summed E-state index contributed by atoms with van der Waals surface area (Å²) in [5, 5.41) is 9.49. The molecule has 0 bridgehead atoms. The van der Waals surface area contributed by atoms with Gasteiger partial charge in [0.05, 0.1) is 0 Å². The lowest BCUT2D eigenvalue weighted by atomic mass is 10.1. The van der Waals surface area contributed by atoms with Crippen molar-refractivity contribution in [3.8, 4) is 5.75 Å². The van der Waals surface area contributed by atoms with Gasteiger partial charge in [0.25, 0.3) is 0 Å². The molecule has 60 valence electrons. The second-order valence-electron chi connectivity index (χ2n) is 2.24. The Bertz CT molecular complexity index is 226. The van der Waals surface area contributed by atoms with Crippen LogP contribution in [0.5, 0.6) is 5.75 Å². The van der Waals surface area contributed by atoms with Crippen molar-refractivity contribution >= 4 is 25.3 Å². The van der Waals surface area contributed by atoms with Crippen LogP contribution in [0.1, 0.15) is 11.1 Å². The summed E-state index contributed by atoms with van der Waals surface area (Å²) in [5.74, 6) is 1.46. The van der Waals surface area contributed by atoms with Crippen molar-refractivity contribution in [2.75, 3.05) is 0 Å². The Labute approximate surface area is 77.3 Å². The van der Waals surface area contributed by atoms with E-state index in [9.17, 15) is 5.11 Å². The van der Waals surface area contributed by atoms with E-state index in [1.165, 1.54) is 0 Å². The van der Waals surface area contributed by atoms with Gasteiger partial charge in [0, 0.05) is 22.6 Å². The molecule has 1 rings (SSSR count). The molecule has 0 atom stereocenters. The maximum atomic E-state index is 9.49. The highest BCUT2D eigenvalue weighted by Gasteiger charge is 2.02. The zero-order chi connectivity index (χ0) is 8.27. The fraction of sp³-hybridized carbons (Fsp3) is 0.250. The van der Waals surface area contributed by atoms with Gasteiger partial charge in [-0.3, -0.25) is 0 Å². The average molecular weight is 186 g/mol. The van der Waals surface area contributed by atoms with Gasteiger partial charge in [-0.1, -0.05) is 18.2 Å². The number of phenolic OH excluding ortho intramolecular Hbond substituents is 1. The van der Waals surface area contributed by atoms with Gasteiger partial charge in [0.1, 0.15) is 5.75 Å². The predicted molar refractivity (Wildman–Crippen MR) is 53.5 cm³/mol. The van der Waals surface area contributed by atoms with Crippen molar-refractivity contribution in [2.24, 2.45) is 0 Å². The fourth-order valence-electron chi connectivity index (χ4n) is 0.900. The molecule has 0 amide bonds. The van der Waals surface area contributed by atoms with Crippen LogP contribution >= 0.6 is 25.3 Å². The molecule has 3 heteroatoms. The standard InChI is InChI=1S/C8H10OS2/c9-8-6(4-10)2-1-3-7(8)5-11/h1-3,9-11H,4-5H2. The van der Waals surface area contributed by atoms with Crippen molar-refractivity contribution in [3.63, 3.8) is 0 Å². The number of hydrogen-bond donors (Lipinski definition) is 3. The lowest BCUT2D eigenvalue weighted by Crippen LogP contribution is -1.84. The van der Waals surface area contributed by atoms with E-state index in [2.05, 4.69) is 25.3 Å². The number of aromatic hydroxyl groups is 1. The molecular weight excluding hydrogens is 176 g/mol. The van der Waals surface area contributed by atoms with Crippen LogP contribution < -0.4 is 0 Å². The molecule has 0 unspecified atom stereocenters. The van der Waals surface area contributed by atoms with E-state index in [0.29, 0.717) is 17.3 Å². The normalized spacial score (nSPS) is 10.0. The smallest absolute Gasteiger partial charge is 0.123 e. The molecule has 0 aliphatic carbocycles. The summed E-state index contributed by atoms with van der Waals surface area (Å²) in [5.41, 5.74) is 1.72. The van der Waals surface area contributed by atoms with Crippen molar-refractivity contribution in [3.05, 3.63) is 29.3 Å². The summed E-state index contributed by atoms with van der Waals surface area (Å²) in [6.07, 6.45) is 0. The molecule has 1 N–H and O–H groups in total. The summed E-state index contributed by atoms with van der Waals surface area (Å²) in [4.78, 5) is 0. The highest BCUT2D eigenvalue weighted by atomic mass is 32.1. The second-order valence-corrected chi connectivity index (χ2v) is 2.87. The molecule has 0 saturated carbocycles. The Kier molecular flexibility index (Phi) is 3.15. The Morgan fingerprint density at radius 2 is 1.55 bits per heavy atom. The minimum absolute atomic E-state index is 0.331. The lowest BCUT2D eigenvalue weighted by Gasteiger charge is -2.04. The summed E-state index contributed by atoms with van der Waals surface area (Å²) < 4.78 is 0. The van der Waals surface area contributed by atoms with Crippen LogP contribution in [0.4, 0.5) is 0 Å². The van der Waals surface area contributed by atoms with Gasteiger partial charge in [-0.15, -0.1) is 0 Å². The van der Waals surface area contributed by atoms with Gasteiger partial charge < -0.3 is 5.11 Å². The second kappa shape index (κ2) is 3.93. The predicted octanol–water partition coefficient (Wildman–Crippen LogP) is 2.25. The molecule has 0 fully saturated rings. The molecule has 1 aromatic carbocycles. The first-order valence-corrected chi connectivity index (χ1v) is 4.57. The van der Waals surface area contributed by atoms with E-state index in [0.717, 1.165) is 11.1 Å². The minimum Gasteiger partial charge on any atom is -0.507 e. The van der Waals surface area contributed by atoms with Crippen molar-refractivity contribution in [1.82, 2.24) is 0 Å². The van der Waals surface area contributed by atoms with E-state index in [4.69, 9.17) is 0 Å². The third-order valence-electron chi connectivity index (χ3n) is 1.54. The van der Waals surface area contributed by atoms with Crippen molar-refractivity contribution < 1.29 is 5.11 Å². The maximum absolute atomic E-state index is 9.49. The third kappa shape index (κ3) is 1.84. The number of phenols is 1. The Morgan fingerprint density at radius 1 is 1.09 bits per heavy atom. The van der Waals surface area contributed by atoms with Gasteiger partial charge in [-0.2, -0.15) is 25.3 Å². The molecule has 1 nitrogen and oxygen atoms in total. The van der Waals surface area contributed by atoms with Crippen LogP contribution in [0.2, 0.25) is 0 Å². The van der Waals surface area contributed by atoms with Gasteiger partial charge >= 0.3 is 0 Å². The van der Waals surface area contributed by atoms with Crippen molar-refractivity contribution in [1.29, 1.82) is 0 Å². The lowest BCUT2D eigenvalue weighted by molar-refractivity contribution is 0.466. The van der Waals surface area contributed by atoms with Crippen LogP contribution in [-0.4, -0.2) is 5.11 Å². The minimum atomic E-state index is 0.331. The Morgan fingerprint density at radius 3 is 1.91 bits per heavy atom. The van der Waals surface area contributed by atoms with Crippen LogP contribution in [0.3, 0.4) is 0 Å². The zero-order valence-electron chi connectivity index (χ0n) is 5.99. The molecule has 11 heavy (non-hydrogen) atoms. The first-order valence-electron chi connectivity index (χ1n) is 3.31. The van der Waals surface area contributed by atoms with Gasteiger partial charge in [0.2, 0.25) is 0 Å². The number of thiol groups is 2. The van der Waals surface area contributed by atoms with Gasteiger partial charge in [0.15, 0.2) is 0 Å². The molecule has 0 aliphatic heterocycles. The van der Waals surface area contributed by atoms with E-state index in [1.54, 1.807) is 0 Å². The van der Waals surface area contributed by atoms with E-state index in [1.807, 2.05) is 18.2 Å². The molecule has 1 aromatic rings. The van der Waals surface area contributed by atoms with Gasteiger partial charge in [-0.05, 0) is 0 Å². The first kappa shape index (κ1) is 8.81. The molecule has 0 heterocycles. The number of para-hydroxylation sites is 1. The maximum Gasteiger partial charge on any atom is 0.123 e. The number of hydrogen-bond acceptors (Lipinski definition) is 3. The van der Waals surface area contributed by atoms with E-state index >= 15 is 0 Å². The van der Waals surface area contributed by atoms with Crippen molar-refractivity contribution in [2.45, 2.75) is 11.5 Å². The monoisotopic (exact) mass is 186 g/mol. The SMILES string of the molecule is Oc1c(CS)cccc1CS. The number of benzene rings is 1. The molecule has 0 aliphatic rings. The van der Waals surface area contributed by atoms with E-state index < -0.39 is 0 Å². The molecule has 0 radical (unpaired) electrons. The molecule has 0 saturated heterocycles. The van der Waals surface area contributed by atoms with Crippen LogP contribution in [0.25, 0.3) is 0 Å². The highest BCUT2D eigenvalue weighted by Crippen LogP contribution is 2.24. The summed E-state index contributed by atoms with van der Waals surface area (Å²) in [6.45, 7) is 0. The summed E-state index contributed by atoms with van der Waals surface area (Å²) in [7, 11) is 0. The molecule has 0 spiro atoms. The summed E-state index contributed by atoms with van der Waals surface area (Å²) in [6, 6.07) is 5.61. The van der Waals surface area contributed by atoms with Gasteiger partial charge in [-0.25, -0.2) is 0 Å². The third-order valence-corrected chi connectivity index (χ3v) is 2.23. The molecule has 0 aromatic heterocycles. The fourth-order valence-corrected chi connectivity index (χ4v) is 1.41. The first-order chi connectivity index (χ1) is 5.29. The Hall–Kier alpha value is -0.280. The topological polar surface area (TPSA) is 20.2 Å².